The van der Waals surface area contributed by atoms with Gasteiger partial charge >= 0.3 is 0 Å². The molecule has 1 aromatic heterocycles. The van der Waals surface area contributed by atoms with Gasteiger partial charge in [-0.3, -0.25) is 4.79 Å². The molecule has 0 radical (unpaired) electrons. The van der Waals surface area contributed by atoms with Crippen LogP contribution in [0.5, 0.6) is 0 Å². The molecule has 1 atom stereocenters. The van der Waals surface area contributed by atoms with Gasteiger partial charge in [0.2, 0.25) is 5.01 Å². The second kappa shape index (κ2) is 6.28. The highest BCUT2D eigenvalue weighted by Gasteiger charge is 2.29. The quantitative estimate of drug-likeness (QED) is 0.849. The molecule has 0 fully saturated rings. The third-order valence-electron chi connectivity index (χ3n) is 4.19. The zero-order valence-corrected chi connectivity index (χ0v) is 14.8. The molecular formula is C17H22N4OS. The van der Waals surface area contributed by atoms with Gasteiger partial charge < -0.3 is 9.80 Å². The highest BCUT2D eigenvalue weighted by molar-refractivity contribution is 7.13. The number of carbonyl (C=O) groups is 1. The Morgan fingerprint density at radius 2 is 2.04 bits per heavy atom. The van der Waals surface area contributed by atoms with E-state index in [1.165, 1.54) is 22.6 Å². The number of anilines is 1. The lowest BCUT2D eigenvalue weighted by molar-refractivity contribution is 0.0686. The summed E-state index contributed by atoms with van der Waals surface area (Å²) in [6.07, 6.45) is 0. The van der Waals surface area contributed by atoms with E-state index in [2.05, 4.69) is 55.0 Å². The number of amides is 1. The van der Waals surface area contributed by atoms with Crippen LogP contribution in [0.2, 0.25) is 0 Å². The average Bonchev–Trinajstić information content (AvgIpc) is 2.98. The molecule has 0 spiro atoms. The molecule has 1 amide bonds. The lowest BCUT2D eigenvalue weighted by Gasteiger charge is -2.27. The summed E-state index contributed by atoms with van der Waals surface area (Å²) in [4.78, 5) is 17.1. The molecule has 5 nitrogen and oxygen atoms in total. The summed E-state index contributed by atoms with van der Waals surface area (Å²) in [5, 5.41) is 9.67. The minimum atomic E-state index is -0.0213. The fourth-order valence-corrected chi connectivity index (χ4v) is 3.70. The van der Waals surface area contributed by atoms with Crippen molar-refractivity contribution in [3.8, 4) is 0 Å². The SMILES string of the molecule is CC(C)c1nnc(C(=O)N2Cc3ccccc3N(C)CC2C)s1. The molecule has 0 aliphatic carbocycles. The molecule has 0 saturated carbocycles. The van der Waals surface area contributed by atoms with Gasteiger partial charge in [-0.25, -0.2) is 0 Å². The van der Waals surface area contributed by atoms with Crippen LogP contribution in [0, 0.1) is 0 Å². The fraction of sp³-hybridized carbons (Fsp3) is 0.471. The second-order valence-electron chi connectivity index (χ2n) is 6.39. The number of fused-ring (bicyclic) bond motifs is 1. The summed E-state index contributed by atoms with van der Waals surface area (Å²) in [6.45, 7) is 7.63. The summed E-state index contributed by atoms with van der Waals surface area (Å²) in [7, 11) is 2.07. The number of hydrogen-bond donors (Lipinski definition) is 0. The van der Waals surface area contributed by atoms with Crippen molar-refractivity contribution in [3.05, 3.63) is 39.8 Å². The molecule has 23 heavy (non-hydrogen) atoms. The molecule has 122 valence electrons. The number of nitrogens with zero attached hydrogens (tertiary/aromatic N) is 4. The highest BCUT2D eigenvalue weighted by Crippen LogP contribution is 2.28. The van der Waals surface area contributed by atoms with Gasteiger partial charge in [0, 0.05) is 37.8 Å². The van der Waals surface area contributed by atoms with Crippen LogP contribution in [0.1, 0.15) is 47.1 Å². The normalized spacial score (nSPS) is 18.0. The first-order valence-corrected chi connectivity index (χ1v) is 8.72. The molecule has 1 unspecified atom stereocenters. The number of para-hydroxylation sites is 1. The Morgan fingerprint density at radius 1 is 1.30 bits per heavy atom. The van der Waals surface area contributed by atoms with Crippen LogP contribution >= 0.6 is 11.3 Å². The Labute approximate surface area is 140 Å². The Bertz CT molecular complexity index is 712. The van der Waals surface area contributed by atoms with E-state index in [9.17, 15) is 4.79 Å². The fourth-order valence-electron chi connectivity index (χ4n) is 2.90. The first-order valence-electron chi connectivity index (χ1n) is 7.90. The predicted molar refractivity (Wildman–Crippen MR) is 93.0 cm³/mol. The van der Waals surface area contributed by atoms with Crippen molar-refractivity contribution in [2.24, 2.45) is 0 Å². The second-order valence-corrected chi connectivity index (χ2v) is 7.40. The van der Waals surface area contributed by atoms with E-state index < -0.39 is 0 Å². The van der Waals surface area contributed by atoms with Crippen molar-refractivity contribution >= 4 is 22.9 Å². The Hall–Kier alpha value is -1.95. The van der Waals surface area contributed by atoms with E-state index >= 15 is 0 Å². The van der Waals surface area contributed by atoms with E-state index in [0.717, 1.165) is 11.6 Å². The molecule has 0 bridgehead atoms. The molecular weight excluding hydrogens is 308 g/mol. The number of rotatable bonds is 2. The minimum absolute atomic E-state index is 0.0213. The largest absolute Gasteiger partial charge is 0.372 e. The Balaban J connectivity index is 1.90. The standard InChI is InChI=1S/C17H22N4OS/c1-11(2)15-18-19-16(23-15)17(22)21-10-13-7-5-6-8-14(13)20(4)9-12(21)3/h5-8,11-12H,9-10H2,1-4H3. The van der Waals surface area contributed by atoms with Crippen LogP contribution in [0.4, 0.5) is 5.69 Å². The Morgan fingerprint density at radius 3 is 2.74 bits per heavy atom. The van der Waals surface area contributed by atoms with Crippen LogP contribution < -0.4 is 4.90 Å². The molecule has 1 aliphatic rings. The molecule has 2 aromatic rings. The third-order valence-corrected chi connectivity index (χ3v) is 5.40. The maximum atomic E-state index is 12.9. The summed E-state index contributed by atoms with van der Waals surface area (Å²) in [6, 6.07) is 8.37. The van der Waals surface area contributed by atoms with Crippen molar-refractivity contribution in [3.63, 3.8) is 0 Å². The first-order chi connectivity index (χ1) is 11.0. The van der Waals surface area contributed by atoms with E-state index in [-0.39, 0.29) is 11.9 Å². The number of benzene rings is 1. The van der Waals surface area contributed by atoms with Gasteiger partial charge in [-0.1, -0.05) is 43.4 Å². The summed E-state index contributed by atoms with van der Waals surface area (Å²) in [5.41, 5.74) is 2.36. The highest BCUT2D eigenvalue weighted by atomic mass is 32.1. The lowest BCUT2D eigenvalue weighted by Crippen LogP contribution is -2.41. The van der Waals surface area contributed by atoms with Gasteiger partial charge in [-0.05, 0) is 18.6 Å². The number of aromatic nitrogens is 2. The summed E-state index contributed by atoms with van der Waals surface area (Å²) >= 11 is 1.41. The van der Waals surface area contributed by atoms with E-state index in [0.29, 0.717) is 17.5 Å². The Kier molecular flexibility index (Phi) is 4.35. The molecule has 0 N–H and O–H groups in total. The summed E-state index contributed by atoms with van der Waals surface area (Å²) < 4.78 is 0. The van der Waals surface area contributed by atoms with Crippen molar-refractivity contribution in [1.82, 2.24) is 15.1 Å². The van der Waals surface area contributed by atoms with Gasteiger partial charge in [-0.2, -0.15) is 0 Å². The molecule has 6 heteroatoms. The van der Waals surface area contributed by atoms with E-state index in [1.54, 1.807) is 0 Å². The number of hydrogen-bond acceptors (Lipinski definition) is 5. The van der Waals surface area contributed by atoms with Crippen LogP contribution in [-0.4, -0.2) is 40.6 Å². The maximum Gasteiger partial charge on any atom is 0.285 e. The van der Waals surface area contributed by atoms with Crippen molar-refractivity contribution in [1.29, 1.82) is 0 Å². The third kappa shape index (κ3) is 3.08. The van der Waals surface area contributed by atoms with Gasteiger partial charge in [-0.15, -0.1) is 10.2 Å². The number of likely N-dealkylation sites (N-methyl/N-ethyl adjacent to an activating group) is 1. The van der Waals surface area contributed by atoms with E-state index in [4.69, 9.17) is 0 Å². The monoisotopic (exact) mass is 330 g/mol. The molecule has 0 saturated heterocycles. The van der Waals surface area contributed by atoms with Crippen molar-refractivity contribution < 1.29 is 4.79 Å². The smallest absolute Gasteiger partial charge is 0.285 e. The summed E-state index contributed by atoms with van der Waals surface area (Å²) in [5.74, 6) is 0.273. The van der Waals surface area contributed by atoms with Gasteiger partial charge in [0.1, 0.15) is 5.01 Å². The van der Waals surface area contributed by atoms with Crippen molar-refractivity contribution in [2.45, 2.75) is 39.3 Å². The van der Waals surface area contributed by atoms with Gasteiger partial charge in [0.25, 0.3) is 5.91 Å². The van der Waals surface area contributed by atoms with Gasteiger partial charge in [0.15, 0.2) is 0 Å². The van der Waals surface area contributed by atoms with Crippen LogP contribution in [0.25, 0.3) is 0 Å². The van der Waals surface area contributed by atoms with Crippen LogP contribution in [0.15, 0.2) is 24.3 Å². The zero-order valence-electron chi connectivity index (χ0n) is 14.0. The molecule has 1 aliphatic heterocycles. The molecule has 3 rings (SSSR count). The predicted octanol–water partition coefficient (Wildman–Crippen LogP) is 3.14. The maximum absolute atomic E-state index is 12.9. The molecule has 2 heterocycles. The van der Waals surface area contributed by atoms with E-state index in [1.807, 2.05) is 17.0 Å². The zero-order chi connectivity index (χ0) is 16.6. The van der Waals surface area contributed by atoms with Gasteiger partial charge in [0.05, 0.1) is 0 Å². The van der Waals surface area contributed by atoms with Crippen molar-refractivity contribution in [2.75, 3.05) is 18.5 Å². The van der Waals surface area contributed by atoms with Crippen LogP contribution in [-0.2, 0) is 6.54 Å². The lowest BCUT2D eigenvalue weighted by atomic mass is 10.1. The topological polar surface area (TPSA) is 49.3 Å². The van der Waals surface area contributed by atoms with Crippen LogP contribution in [0.3, 0.4) is 0 Å². The number of carbonyl (C=O) groups excluding carboxylic acids is 1. The average molecular weight is 330 g/mol. The molecule has 1 aromatic carbocycles. The first kappa shape index (κ1) is 15.9. The minimum Gasteiger partial charge on any atom is -0.372 e.